The Morgan fingerprint density at radius 1 is 0.340 bits per heavy atom. The van der Waals surface area contributed by atoms with Crippen LogP contribution in [0, 0.1) is 0 Å². The van der Waals surface area contributed by atoms with E-state index in [0.717, 1.165) is 38.8 Å². The van der Waals surface area contributed by atoms with Gasteiger partial charge in [0.15, 0.2) is 0 Å². The summed E-state index contributed by atoms with van der Waals surface area (Å²) in [5.74, 6) is 0. The van der Waals surface area contributed by atoms with Crippen molar-refractivity contribution in [2.24, 2.45) is 0 Å². The van der Waals surface area contributed by atoms with Gasteiger partial charge in [0.1, 0.15) is 11.2 Å². The molecule has 2 heterocycles. The van der Waals surface area contributed by atoms with Crippen molar-refractivity contribution < 1.29 is 4.42 Å². The molecular formula is C48H29NO. The molecule has 0 N–H and O–H groups in total. The number of furan rings is 1. The van der Waals surface area contributed by atoms with E-state index in [0.29, 0.717) is 0 Å². The highest BCUT2D eigenvalue weighted by molar-refractivity contribution is 6.14. The van der Waals surface area contributed by atoms with Crippen LogP contribution in [0.5, 0.6) is 0 Å². The van der Waals surface area contributed by atoms with Gasteiger partial charge in [0.25, 0.3) is 0 Å². The molecule has 1 aliphatic rings. The Morgan fingerprint density at radius 3 is 1.44 bits per heavy atom. The topological polar surface area (TPSA) is 18.1 Å². The molecule has 0 radical (unpaired) electrons. The van der Waals surface area contributed by atoms with Crippen LogP contribution in [0.4, 0.5) is 0 Å². The van der Waals surface area contributed by atoms with Gasteiger partial charge in [-0.3, -0.25) is 0 Å². The fraction of sp³-hybridized carbons (Fsp3) is 0. The van der Waals surface area contributed by atoms with Crippen LogP contribution in [0.15, 0.2) is 180 Å². The zero-order chi connectivity index (χ0) is 32.8. The van der Waals surface area contributed by atoms with Crippen molar-refractivity contribution in [2.75, 3.05) is 0 Å². The standard InChI is InChI=1S/C48H29NO/c1-2-15-33-32(14-1)34-16-3-4-18-36(34)42-28-30(31-23-13-24-41-39-21-9-12-27-46(39)50-48(31)41)29-45(47(42)40-22-6-5-17-35(33)40)49-43-25-10-7-19-37(43)38-20-8-11-26-44(38)49/h1-29H. The van der Waals surface area contributed by atoms with Crippen molar-refractivity contribution in [2.45, 2.75) is 0 Å². The maximum atomic E-state index is 6.66. The second-order valence-corrected chi connectivity index (χ2v) is 13.2. The van der Waals surface area contributed by atoms with E-state index in [1.165, 1.54) is 66.3 Å². The zero-order valence-electron chi connectivity index (χ0n) is 27.1. The average molecular weight is 636 g/mol. The van der Waals surface area contributed by atoms with Gasteiger partial charge in [0, 0.05) is 32.7 Å². The quantitative estimate of drug-likeness (QED) is 0.185. The molecule has 0 saturated carbocycles. The van der Waals surface area contributed by atoms with Crippen LogP contribution in [0.3, 0.4) is 0 Å². The first-order valence-electron chi connectivity index (χ1n) is 17.2. The number of fused-ring (bicyclic) bond motifs is 14. The molecule has 10 aromatic rings. The number of nitrogens with zero attached hydrogens (tertiary/aromatic N) is 1. The van der Waals surface area contributed by atoms with Gasteiger partial charge in [-0.2, -0.15) is 0 Å². The second-order valence-electron chi connectivity index (χ2n) is 13.2. The van der Waals surface area contributed by atoms with Crippen molar-refractivity contribution in [1.82, 2.24) is 4.57 Å². The lowest BCUT2D eigenvalue weighted by Gasteiger charge is -2.26. The van der Waals surface area contributed by atoms with E-state index >= 15 is 0 Å². The number of rotatable bonds is 2. The molecular weight excluding hydrogens is 607 g/mol. The third-order valence-electron chi connectivity index (χ3n) is 10.6. The summed E-state index contributed by atoms with van der Waals surface area (Å²) >= 11 is 0. The molecule has 2 aromatic heterocycles. The Kier molecular flexibility index (Phi) is 5.70. The summed E-state index contributed by atoms with van der Waals surface area (Å²) < 4.78 is 9.15. The normalized spacial score (nSPS) is 12.0. The third kappa shape index (κ3) is 3.79. The van der Waals surface area contributed by atoms with E-state index in [9.17, 15) is 0 Å². The van der Waals surface area contributed by atoms with Gasteiger partial charge in [-0.05, 0) is 74.8 Å². The van der Waals surface area contributed by atoms with Gasteiger partial charge in [-0.1, -0.05) is 146 Å². The molecule has 0 saturated heterocycles. The van der Waals surface area contributed by atoms with Crippen LogP contribution in [0.2, 0.25) is 0 Å². The largest absolute Gasteiger partial charge is 0.455 e. The predicted molar refractivity (Wildman–Crippen MR) is 209 cm³/mol. The fourth-order valence-electron chi connectivity index (χ4n) is 8.45. The van der Waals surface area contributed by atoms with Crippen LogP contribution in [0.25, 0.3) is 105 Å². The first-order valence-corrected chi connectivity index (χ1v) is 17.2. The van der Waals surface area contributed by atoms with Crippen molar-refractivity contribution in [3.05, 3.63) is 176 Å². The van der Waals surface area contributed by atoms with E-state index in [4.69, 9.17) is 4.42 Å². The SMILES string of the molecule is c1ccc2c(c1)-c1ccccc1-c1cc(-c3cccc4c3oc3ccccc34)cc(-n3c4ccccc4c4ccccc43)c1-c1ccccc1-2. The van der Waals surface area contributed by atoms with E-state index < -0.39 is 0 Å². The Morgan fingerprint density at radius 2 is 0.800 bits per heavy atom. The average Bonchev–Trinajstić information content (AvgIpc) is 3.73. The van der Waals surface area contributed by atoms with Gasteiger partial charge in [-0.25, -0.2) is 0 Å². The molecule has 11 rings (SSSR count). The molecule has 0 bridgehead atoms. The minimum absolute atomic E-state index is 0.902. The summed E-state index contributed by atoms with van der Waals surface area (Å²) in [6.45, 7) is 0. The highest BCUT2D eigenvalue weighted by Crippen LogP contribution is 2.52. The monoisotopic (exact) mass is 635 g/mol. The van der Waals surface area contributed by atoms with Gasteiger partial charge in [0.05, 0.1) is 16.7 Å². The third-order valence-corrected chi connectivity index (χ3v) is 10.6. The lowest BCUT2D eigenvalue weighted by Crippen LogP contribution is -2.04. The predicted octanol–water partition coefficient (Wildman–Crippen LogP) is 13.3. The summed E-state index contributed by atoms with van der Waals surface area (Å²) in [5, 5.41) is 4.75. The minimum Gasteiger partial charge on any atom is -0.455 e. The van der Waals surface area contributed by atoms with E-state index in [1.807, 2.05) is 6.07 Å². The lowest BCUT2D eigenvalue weighted by atomic mass is 9.79. The highest BCUT2D eigenvalue weighted by atomic mass is 16.3. The molecule has 2 heteroatoms. The van der Waals surface area contributed by atoms with Crippen molar-refractivity contribution in [3.63, 3.8) is 0 Å². The maximum absolute atomic E-state index is 6.66. The van der Waals surface area contributed by atoms with Crippen LogP contribution in [0.1, 0.15) is 0 Å². The summed E-state index contributed by atoms with van der Waals surface area (Å²) in [6, 6.07) is 64.0. The smallest absolute Gasteiger partial charge is 0.143 e. The van der Waals surface area contributed by atoms with Crippen molar-refractivity contribution in [1.29, 1.82) is 0 Å². The van der Waals surface area contributed by atoms with Crippen LogP contribution in [-0.2, 0) is 0 Å². The Bertz CT molecular complexity index is 2940. The molecule has 0 unspecified atom stereocenters. The molecule has 0 spiro atoms. The van der Waals surface area contributed by atoms with Gasteiger partial charge >= 0.3 is 0 Å². The summed E-state index contributed by atoms with van der Waals surface area (Å²) in [4.78, 5) is 0. The molecule has 232 valence electrons. The lowest BCUT2D eigenvalue weighted by molar-refractivity contribution is 0.670. The Balaban J connectivity index is 1.36. The molecule has 2 nitrogen and oxygen atoms in total. The highest BCUT2D eigenvalue weighted by Gasteiger charge is 2.27. The first kappa shape index (κ1) is 27.3. The number of para-hydroxylation sites is 4. The van der Waals surface area contributed by atoms with Gasteiger partial charge < -0.3 is 8.98 Å². The van der Waals surface area contributed by atoms with Crippen LogP contribution >= 0.6 is 0 Å². The summed E-state index contributed by atoms with van der Waals surface area (Å²) in [7, 11) is 0. The van der Waals surface area contributed by atoms with Crippen molar-refractivity contribution in [3.8, 4) is 61.3 Å². The van der Waals surface area contributed by atoms with Crippen molar-refractivity contribution >= 4 is 43.7 Å². The molecule has 0 atom stereocenters. The number of benzene rings is 8. The van der Waals surface area contributed by atoms with Gasteiger partial charge in [0.2, 0.25) is 0 Å². The van der Waals surface area contributed by atoms with Crippen LogP contribution in [-0.4, -0.2) is 4.57 Å². The molecule has 1 aliphatic carbocycles. The second kappa shape index (κ2) is 10.4. The maximum Gasteiger partial charge on any atom is 0.143 e. The number of aromatic nitrogens is 1. The zero-order valence-corrected chi connectivity index (χ0v) is 27.1. The Hall–Kier alpha value is -6.64. The van der Waals surface area contributed by atoms with Gasteiger partial charge in [-0.15, -0.1) is 0 Å². The number of hydrogen-bond donors (Lipinski definition) is 0. The van der Waals surface area contributed by atoms with E-state index in [-0.39, 0.29) is 0 Å². The summed E-state index contributed by atoms with van der Waals surface area (Å²) in [6.07, 6.45) is 0. The molecule has 0 amide bonds. The Labute approximate surface area is 289 Å². The minimum atomic E-state index is 0.902. The summed E-state index contributed by atoms with van der Waals surface area (Å²) in [5.41, 5.74) is 17.3. The van der Waals surface area contributed by atoms with E-state index in [2.05, 4.69) is 174 Å². The first-order chi connectivity index (χ1) is 24.8. The number of hydrogen-bond acceptors (Lipinski definition) is 1. The van der Waals surface area contributed by atoms with Crippen LogP contribution < -0.4 is 0 Å². The molecule has 0 fully saturated rings. The molecule has 0 aliphatic heterocycles. The fourth-order valence-corrected chi connectivity index (χ4v) is 8.45. The molecule has 8 aromatic carbocycles. The van der Waals surface area contributed by atoms with E-state index in [1.54, 1.807) is 0 Å². The molecule has 50 heavy (non-hydrogen) atoms.